The topological polar surface area (TPSA) is 29.5 Å². The number of rotatable bonds is 3. The highest BCUT2D eigenvalue weighted by molar-refractivity contribution is 4.86. The van der Waals surface area contributed by atoms with Crippen LogP contribution in [-0.4, -0.2) is 23.9 Å². The number of hydrogen-bond acceptors (Lipinski definition) is 2. The summed E-state index contributed by atoms with van der Waals surface area (Å²) in [6.45, 7) is -2.99. The summed E-state index contributed by atoms with van der Waals surface area (Å²) >= 11 is 0. The summed E-state index contributed by atoms with van der Waals surface area (Å²) in [5, 5.41) is 9.20. The van der Waals surface area contributed by atoms with Gasteiger partial charge in [-0.15, -0.1) is 0 Å². The largest absolute Gasteiger partial charge is 0.387 e. The van der Waals surface area contributed by atoms with E-state index >= 15 is 0 Å². The number of aliphatic hydroxyl groups is 1. The molecule has 0 aromatic carbocycles. The van der Waals surface area contributed by atoms with Gasteiger partial charge in [0, 0.05) is 0 Å². The lowest BCUT2D eigenvalue weighted by atomic mass is 9.81. The first-order chi connectivity index (χ1) is 4.62. The molecular weight excluding hydrogens is 142 g/mol. The zero-order chi connectivity index (χ0) is 7.61. The number of alkyl halides is 2. The second-order valence-electron chi connectivity index (χ2n) is 2.65. The first kappa shape index (κ1) is 7.88. The number of ether oxygens (including phenoxy) is 1. The molecule has 0 aromatic heterocycles. The van der Waals surface area contributed by atoms with Crippen molar-refractivity contribution in [1.82, 2.24) is 0 Å². The molecule has 1 aliphatic carbocycles. The Labute approximate surface area is 57.8 Å². The molecular formula is C6H10F2O2. The Kier molecular flexibility index (Phi) is 2.21. The molecule has 0 atom stereocenters. The third-order valence-corrected chi connectivity index (χ3v) is 1.76. The van der Waals surface area contributed by atoms with Gasteiger partial charge >= 0.3 is 6.61 Å². The summed E-state index contributed by atoms with van der Waals surface area (Å²) in [7, 11) is 0. The Morgan fingerprint density at radius 3 is 2.40 bits per heavy atom. The van der Waals surface area contributed by atoms with Gasteiger partial charge in [-0.2, -0.15) is 8.78 Å². The van der Waals surface area contributed by atoms with E-state index in [1.807, 2.05) is 0 Å². The lowest BCUT2D eigenvalue weighted by Crippen LogP contribution is -2.42. The van der Waals surface area contributed by atoms with Crippen molar-refractivity contribution in [3.63, 3.8) is 0 Å². The van der Waals surface area contributed by atoms with Crippen LogP contribution in [0.1, 0.15) is 19.3 Å². The van der Waals surface area contributed by atoms with Crippen LogP contribution >= 0.6 is 0 Å². The fraction of sp³-hybridized carbons (Fsp3) is 1.00. The standard InChI is InChI=1S/C6H10F2O2/c7-5(8)10-4-6(9)2-1-3-6/h5,9H,1-4H2. The highest BCUT2D eigenvalue weighted by Crippen LogP contribution is 2.31. The van der Waals surface area contributed by atoms with E-state index in [9.17, 15) is 13.9 Å². The molecule has 1 aliphatic rings. The number of halogens is 2. The molecule has 0 aliphatic heterocycles. The Bertz CT molecular complexity index is 112. The molecule has 0 saturated heterocycles. The van der Waals surface area contributed by atoms with Crippen LogP contribution < -0.4 is 0 Å². The Morgan fingerprint density at radius 1 is 1.50 bits per heavy atom. The van der Waals surface area contributed by atoms with Crippen LogP contribution in [0.3, 0.4) is 0 Å². The van der Waals surface area contributed by atoms with Gasteiger partial charge in [0.25, 0.3) is 0 Å². The van der Waals surface area contributed by atoms with E-state index in [1.54, 1.807) is 0 Å². The summed E-state index contributed by atoms with van der Waals surface area (Å²) in [4.78, 5) is 0. The maximum absolute atomic E-state index is 11.4. The van der Waals surface area contributed by atoms with Crippen LogP contribution in [0.2, 0.25) is 0 Å². The molecule has 10 heavy (non-hydrogen) atoms. The Hall–Kier alpha value is -0.220. The highest BCUT2D eigenvalue weighted by Gasteiger charge is 2.35. The Morgan fingerprint density at radius 2 is 2.10 bits per heavy atom. The first-order valence-electron chi connectivity index (χ1n) is 3.25. The van der Waals surface area contributed by atoms with Crippen molar-refractivity contribution in [2.75, 3.05) is 6.61 Å². The molecule has 60 valence electrons. The zero-order valence-corrected chi connectivity index (χ0v) is 5.52. The van der Waals surface area contributed by atoms with E-state index in [4.69, 9.17) is 0 Å². The maximum Gasteiger partial charge on any atom is 0.345 e. The van der Waals surface area contributed by atoms with Crippen molar-refractivity contribution in [1.29, 1.82) is 0 Å². The monoisotopic (exact) mass is 152 g/mol. The molecule has 0 radical (unpaired) electrons. The van der Waals surface area contributed by atoms with Crippen molar-refractivity contribution < 1.29 is 18.6 Å². The molecule has 1 fully saturated rings. The van der Waals surface area contributed by atoms with Crippen LogP contribution in [0.4, 0.5) is 8.78 Å². The summed E-state index contributed by atoms with van der Waals surface area (Å²) in [5.74, 6) is 0. The molecule has 1 saturated carbocycles. The molecule has 0 bridgehead atoms. The smallest absolute Gasteiger partial charge is 0.345 e. The van der Waals surface area contributed by atoms with E-state index in [0.717, 1.165) is 6.42 Å². The van der Waals surface area contributed by atoms with E-state index in [-0.39, 0.29) is 6.61 Å². The van der Waals surface area contributed by atoms with Gasteiger partial charge in [0.05, 0.1) is 12.2 Å². The summed E-state index contributed by atoms with van der Waals surface area (Å²) < 4.78 is 26.7. The summed E-state index contributed by atoms with van der Waals surface area (Å²) in [5.41, 5.74) is -0.948. The highest BCUT2D eigenvalue weighted by atomic mass is 19.3. The zero-order valence-electron chi connectivity index (χ0n) is 5.52. The van der Waals surface area contributed by atoms with Gasteiger partial charge in [-0.1, -0.05) is 0 Å². The van der Waals surface area contributed by atoms with Crippen molar-refractivity contribution in [2.24, 2.45) is 0 Å². The predicted molar refractivity (Wildman–Crippen MR) is 30.8 cm³/mol. The average Bonchev–Trinajstić information content (AvgIpc) is 1.79. The first-order valence-corrected chi connectivity index (χ1v) is 3.25. The molecule has 2 nitrogen and oxygen atoms in total. The SMILES string of the molecule is OC1(COC(F)F)CCC1. The predicted octanol–water partition coefficient (Wildman–Crippen LogP) is 1.14. The van der Waals surface area contributed by atoms with E-state index in [0.29, 0.717) is 12.8 Å². The van der Waals surface area contributed by atoms with Gasteiger partial charge in [-0.25, -0.2) is 0 Å². The van der Waals surface area contributed by atoms with Crippen LogP contribution in [0, 0.1) is 0 Å². The summed E-state index contributed by atoms with van der Waals surface area (Å²) in [6.07, 6.45) is 2.07. The third kappa shape index (κ3) is 1.88. The van der Waals surface area contributed by atoms with Crippen LogP contribution in [0.5, 0.6) is 0 Å². The van der Waals surface area contributed by atoms with Gasteiger partial charge in [-0.05, 0) is 19.3 Å². The quantitative estimate of drug-likeness (QED) is 0.657. The van der Waals surface area contributed by atoms with Gasteiger partial charge in [-0.3, -0.25) is 0 Å². The minimum atomic E-state index is -2.76. The van der Waals surface area contributed by atoms with Crippen molar-refractivity contribution in [3.8, 4) is 0 Å². The normalized spacial score (nSPS) is 22.8. The van der Waals surface area contributed by atoms with Gasteiger partial charge in [0.15, 0.2) is 0 Å². The van der Waals surface area contributed by atoms with Crippen molar-refractivity contribution in [3.05, 3.63) is 0 Å². The van der Waals surface area contributed by atoms with Crippen LogP contribution in [0.25, 0.3) is 0 Å². The lowest BCUT2D eigenvalue weighted by Gasteiger charge is -2.35. The minimum absolute atomic E-state index is 0.231. The minimum Gasteiger partial charge on any atom is -0.387 e. The van der Waals surface area contributed by atoms with Gasteiger partial charge in [0.1, 0.15) is 0 Å². The molecule has 1 N–H and O–H groups in total. The molecule has 1 rings (SSSR count). The second kappa shape index (κ2) is 2.80. The Balaban J connectivity index is 2.12. The maximum atomic E-state index is 11.4. The number of hydrogen-bond donors (Lipinski definition) is 1. The molecule has 0 unspecified atom stereocenters. The third-order valence-electron chi connectivity index (χ3n) is 1.76. The van der Waals surface area contributed by atoms with Gasteiger partial charge < -0.3 is 9.84 Å². The molecule has 0 heterocycles. The summed E-state index contributed by atoms with van der Waals surface area (Å²) in [6, 6.07) is 0. The van der Waals surface area contributed by atoms with Crippen LogP contribution in [0.15, 0.2) is 0 Å². The van der Waals surface area contributed by atoms with Crippen LogP contribution in [-0.2, 0) is 4.74 Å². The second-order valence-corrected chi connectivity index (χ2v) is 2.65. The van der Waals surface area contributed by atoms with Crippen molar-refractivity contribution >= 4 is 0 Å². The fourth-order valence-corrected chi connectivity index (χ4v) is 0.947. The lowest BCUT2D eigenvalue weighted by molar-refractivity contribution is -0.187. The van der Waals surface area contributed by atoms with E-state index in [2.05, 4.69) is 4.74 Å². The molecule has 4 heteroatoms. The molecule has 0 aromatic rings. The van der Waals surface area contributed by atoms with E-state index in [1.165, 1.54) is 0 Å². The van der Waals surface area contributed by atoms with E-state index < -0.39 is 12.2 Å². The molecule has 0 amide bonds. The average molecular weight is 152 g/mol. The molecule has 0 spiro atoms. The fourth-order valence-electron chi connectivity index (χ4n) is 0.947. The van der Waals surface area contributed by atoms with Crippen molar-refractivity contribution in [2.45, 2.75) is 31.5 Å². The van der Waals surface area contributed by atoms with Gasteiger partial charge in [0.2, 0.25) is 0 Å².